The first-order valence-electron chi connectivity index (χ1n) is 9.50. The summed E-state index contributed by atoms with van der Waals surface area (Å²) in [6.45, 7) is 3.64. The molecule has 1 aliphatic carbocycles. The first kappa shape index (κ1) is 16.8. The Balaban J connectivity index is 1.45. The van der Waals surface area contributed by atoms with E-state index in [1.54, 1.807) is 24.3 Å². The van der Waals surface area contributed by atoms with E-state index in [1.165, 1.54) is 30.8 Å². The van der Waals surface area contributed by atoms with Crippen molar-refractivity contribution in [3.63, 3.8) is 0 Å². The van der Waals surface area contributed by atoms with E-state index in [0.29, 0.717) is 23.1 Å². The highest BCUT2D eigenvalue weighted by molar-refractivity contribution is 5.94. The molecular weight excluding hydrogens is 324 g/mol. The van der Waals surface area contributed by atoms with Gasteiger partial charge < -0.3 is 9.47 Å². The van der Waals surface area contributed by atoms with Crippen molar-refractivity contribution in [2.24, 2.45) is 0 Å². The zero-order valence-electron chi connectivity index (χ0n) is 15.2. The minimum Gasteiger partial charge on any atom is -0.338 e. The Kier molecular flexibility index (Phi) is 4.50. The van der Waals surface area contributed by atoms with Gasteiger partial charge >= 0.3 is 0 Å². The summed E-state index contributed by atoms with van der Waals surface area (Å²) in [4.78, 5) is 19.4. The smallest absolute Gasteiger partial charge is 0.253 e. The van der Waals surface area contributed by atoms with Crippen LogP contribution in [0, 0.1) is 18.3 Å². The minimum absolute atomic E-state index is 0.0297. The molecule has 1 saturated carbocycles. The van der Waals surface area contributed by atoms with Crippen LogP contribution in [-0.2, 0) is 0 Å². The van der Waals surface area contributed by atoms with Gasteiger partial charge in [-0.2, -0.15) is 5.26 Å². The van der Waals surface area contributed by atoms with Crippen molar-refractivity contribution in [1.29, 1.82) is 5.26 Å². The number of aromatic nitrogens is 2. The van der Waals surface area contributed by atoms with Gasteiger partial charge in [0.15, 0.2) is 0 Å². The van der Waals surface area contributed by atoms with Gasteiger partial charge in [0.2, 0.25) is 0 Å². The maximum Gasteiger partial charge on any atom is 0.253 e. The monoisotopic (exact) mass is 348 g/mol. The summed E-state index contributed by atoms with van der Waals surface area (Å²) in [7, 11) is 0. The van der Waals surface area contributed by atoms with E-state index < -0.39 is 0 Å². The summed E-state index contributed by atoms with van der Waals surface area (Å²) in [6.07, 6.45) is 7.73. The first-order valence-corrected chi connectivity index (χ1v) is 9.50. The fraction of sp³-hybridized carbons (Fsp3) is 0.476. The van der Waals surface area contributed by atoms with Crippen molar-refractivity contribution in [2.45, 2.75) is 51.0 Å². The van der Waals surface area contributed by atoms with Crippen LogP contribution in [0.25, 0.3) is 0 Å². The maximum absolute atomic E-state index is 12.8. The summed E-state index contributed by atoms with van der Waals surface area (Å²) in [5.41, 5.74) is 2.37. The van der Waals surface area contributed by atoms with Crippen LogP contribution in [0.2, 0.25) is 0 Å². The Morgan fingerprint density at radius 3 is 2.65 bits per heavy atom. The van der Waals surface area contributed by atoms with Crippen LogP contribution in [0.4, 0.5) is 0 Å². The molecule has 0 bridgehead atoms. The number of carbonyl (C=O) groups is 1. The number of nitrogens with zero attached hydrogens (tertiary/aromatic N) is 4. The molecule has 5 nitrogen and oxygen atoms in total. The number of likely N-dealkylation sites (tertiary alicyclic amines) is 1. The number of imidazole rings is 1. The van der Waals surface area contributed by atoms with Crippen LogP contribution in [0.1, 0.15) is 71.5 Å². The van der Waals surface area contributed by atoms with Crippen LogP contribution < -0.4 is 0 Å². The second kappa shape index (κ2) is 6.95. The Morgan fingerprint density at radius 1 is 1.23 bits per heavy atom. The summed E-state index contributed by atoms with van der Waals surface area (Å²) in [5.74, 6) is 1.90. The minimum atomic E-state index is 0.0297. The molecule has 0 unspecified atom stereocenters. The van der Waals surface area contributed by atoms with Gasteiger partial charge in [0.1, 0.15) is 5.82 Å². The Labute approximate surface area is 154 Å². The van der Waals surface area contributed by atoms with E-state index in [-0.39, 0.29) is 5.91 Å². The first-order chi connectivity index (χ1) is 12.7. The number of amides is 1. The van der Waals surface area contributed by atoms with E-state index in [1.807, 2.05) is 11.1 Å². The van der Waals surface area contributed by atoms with Crippen LogP contribution in [0.3, 0.4) is 0 Å². The average Bonchev–Trinajstić information content (AvgIpc) is 3.01. The molecule has 2 heterocycles. The molecule has 2 fully saturated rings. The van der Waals surface area contributed by atoms with Gasteiger partial charge in [0.05, 0.1) is 11.6 Å². The molecule has 0 atom stereocenters. The molecular formula is C21H24N4O. The highest BCUT2D eigenvalue weighted by atomic mass is 16.2. The van der Waals surface area contributed by atoms with Gasteiger partial charge in [-0.05, 0) is 50.8 Å². The Bertz CT molecular complexity index is 851. The third-order valence-corrected chi connectivity index (χ3v) is 5.84. The molecule has 2 aliphatic rings. The molecule has 0 radical (unpaired) electrons. The SMILES string of the molecule is Cc1cnc(C2CCC2)n1C1CCN(C(=O)c2cccc(C#N)c2)CC1. The van der Waals surface area contributed by atoms with E-state index in [2.05, 4.69) is 22.5 Å². The third kappa shape index (κ3) is 3.01. The highest BCUT2D eigenvalue weighted by Gasteiger charge is 2.30. The molecule has 2 aromatic rings. The van der Waals surface area contributed by atoms with Crippen LogP contribution in [-0.4, -0.2) is 33.4 Å². The number of benzene rings is 1. The van der Waals surface area contributed by atoms with Gasteiger partial charge in [0.25, 0.3) is 5.91 Å². The highest BCUT2D eigenvalue weighted by Crippen LogP contribution is 2.38. The number of piperidine rings is 1. The topological polar surface area (TPSA) is 61.9 Å². The fourth-order valence-electron chi connectivity index (χ4n) is 4.14. The number of carbonyl (C=O) groups excluding carboxylic acids is 1. The molecule has 1 aromatic carbocycles. The van der Waals surface area contributed by atoms with Crippen LogP contribution in [0.5, 0.6) is 0 Å². The molecule has 0 N–H and O–H groups in total. The van der Waals surface area contributed by atoms with Gasteiger partial charge in [0, 0.05) is 42.5 Å². The quantitative estimate of drug-likeness (QED) is 0.847. The normalized spacial score (nSPS) is 18.4. The molecule has 26 heavy (non-hydrogen) atoms. The molecule has 5 heteroatoms. The van der Waals surface area contributed by atoms with Gasteiger partial charge in [-0.3, -0.25) is 4.79 Å². The van der Waals surface area contributed by atoms with E-state index in [0.717, 1.165) is 25.9 Å². The lowest BCUT2D eigenvalue weighted by Crippen LogP contribution is -2.39. The Morgan fingerprint density at radius 2 is 2.00 bits per heavy atom. The van der Waals surface area contributed by atoms with Crippen molar-refractivity contribution >= 4 is 5.91 Å². The lowest BCUT2D eigenvalue weighted by molar-refractivity contribution is 0.0692. The molecule has 1 amide bonds. The molecule has 134 valence electrons. The molecule has 1 aliphatic heterocycles. The van der Waals surface area contributed by atoms with Crippen molar-refractivity contribution in [3.8, 4) is 6.07 Å². The zero-order chi connectivity index (χ0) is 18.1. The van der Waals surface area contributed by atoms with Crippen molar-refractivity contribution < 1.29 is 4.79 Å². The third-order valence-electron chi connectivity index (χ3n) is 5.84. The summed E-state index contributed by atoms with van der Waals surface area (Å²) >= 11 is 0. The second-order valence-corrected chi connectivity index (χ2v) is 7.47. The van der Waals surface area contributed by atoms with E-state index >= 15 is 0 Å². The number of aryl methyl sites for hydroxylation is 1. The molecule has 4 rings (SSSR count). The Hall–Kier alpha value is -2.61. The van der Waals surface area contributed by atoms with Crippen LogP contribution in [0.15, 0.2) is 30.5 Å². The predicted molar refractivity (Wildman–Crippen MR) is 98.9 cm³/mol. The van der Waals surface area contributed by atoms with Gasteiger partial charge in [-0.25, -0.2) is 4.98 Å². The standard InChI is InChI=1S/C21H24N4O/c1-15-14-23-20(17-5-3-6-17)25(15)19-8-10-24(11-9-19)21(26)18-7-2-4-16(12-18)13-22/h2,4,7,12,14,17,19H,3,5-6,8-11H2,1H3. The van der Waals surface area contributed by atoms with Crippen molar-refractivity contribution in [2.75, 3.05) is 13.1 Å². The summed E-state index contributed by atoms with van der Waals surface area (Å²) < 4.78 is 2.43. The lowest BCUT2D eigenvalue weighted by atomic mass is 9.84. The predicted octanol–water partition coefficient (Wildman–Crippen LogP) is 3.81. The van der Waals surface area contributed by atoms with Crippen LogP contribution >= 0.6 is 0 Å². The number of hydrogen-bond donors (Lipinski definition) is 0. The largest absolute Gasteiger partial charge is 0.338 e. The van der Waals surface area contributed by atoms with Crippen molar-refractivity contribution in [3.05, 3.63) is 53.1 Å². The fourth-order valence-corrected chi connectivity index (χ4v) is 4.14. The maximum atomic E-state index is 12.8. The molecule has 1 saturated heterocycles. The molecule has 1 aromatic heterocycles. The average molecular weight is 348 g/mol. The van der Waals surface area contributed by atoms with Crippen molar-refractivity contribution in [1.82, 2.24) is 14.5 Å². The van der Waals surface area contributed by atoms with E-state index in [9.17, 15) is 4.79 Å². The lowest BCUT2D eigenvalue weighted by Gasteiger charge is -2.36. The van der Waals surface area contributed by atoms with Gasteiger partial charge in [-0.15, -0.1) is 0 Å². The number of nitriles is 1. The summed E-state index contributed by atoms with van der Waals surface area (Å²) in [5, 5.41) is 9.03. The zero-order valence-corrected chi connectivity index (χ0v) is 15.2. The second-order valence-electron chi connectivity index (χ2n) is 7.47. The molecule has 0 spiro atoms. The summed E-state index contributed by atoms with van der Waals surface area (Å²) in [6, 6.07) is 9.52. The number of hydrogen-bond acceptors (Lipinski definition) is 3. The van der Waals surface area contributed by atoms with E-state index in [4.69, 9.17) is 5.26 Å². The van der Waals surface area contributed by atoms with Gasteiger partial charge in [-0.1, -0.05) is 12.5 Å². The number of rotatable bonds is 3.